The van der Waals surface area contributed by atoms with Crippen LogP contribution in [0.4, 0.5) is 5.69 Å². The highest BCUT2D eigenvalue weighted by Gasteiger charge is 2.25. The molecule has 3 N–H and O–H groups in total. The lowest BCUT2D eigenvalue weighted by atomic mass is 9.85. The molecule has 1 amide bonds. The maximum Gasteiger partial charge on any atom is 0.227 e. The predicted molar refractivity (Wildman–Crippen MR) is 97.4 cm³/mol. The third-order valence-electron chi connectivity index (χ3n) is 4.09. The average molecular weight is 368 g/mol. The number of rotatable bonds is 4. The van der Waals surface area contributed by atoms with Crippen molar-refractivity contribution in [3.05, 3.63) is 30.6 Å². The summed E-state index contributed by atoms with van der Waals surface area (Å²) in [6.45, 7) is 0. The molecule has 130 valence electrons. The van der Waals surface area contributed by atoms with E-state index in [4.69, 9.17) is 5.73 Å². The lowest BCUT2D eigenvalue weighted by Crippen LogP contribution is -2.34. The number of hydrogen-bond donors (Lipinski definition) is 2. The van der Waals surface area contributed by atoms with Crippen molar-refractivity contribution >= 4 is 35.8 Å². The number of amides is 1. The molecule has 1 aliphatic carbocycles. The molecule has 3 rings (SSSR count). The number of benzene rings is 1. The van der Waals surface area contributed by atoms with Gasteiger partial charge in [-0.3, -0.25) is 4.79 Å². The first-order valence-corrected chi connectivity index (χ1v) is 8.62. The highest BCUT2D eigenvalue weighted by atomic mass is 35.5. The molecule has 0 saturated heterocycles. The highest BCUT2D eigenvalue weighted by molar-refractivity contribution is 7.99. The summed E-state index contributed by atoms with van der Waals surface area (Å²) in [5.74, 6) is 0.111. The molecule has 0 aliphatic heterocycles. The summed E-state index contributed by atoms with van der Waals surface area (Å²) in [5.41, 5.74) is 6.77. The van der Waals surface area contributed by atoms with Crippen LogP contribution in [0.15, 0.2) is 40.6 Å². The Morgan fingerprint density at radius 2 is 2.08 bits per heavy atom. The minimum atomic E-state index is 0. The van der Waals surface area contributed by atoms with Crippen LogP contribution < -0.4 is 11.1 Å². The van der Waals surface area contributed by atoms with Gasteiger partial charge in [-0.25, -0.2) is 0 Å². The summed E-state index contributed by atoms with van der Waals surface area (Å²) in [6.07, 6.45) is 5.45. The Balaban J connectivity index is 0.00000208. The molecule has 2 unspecified atom stereocenters. The van der Waals surface area contributed by atoms with Gasteiger partial charge in [-0.05, 0) is 55.3 Å². The van der Waals surface area contributed by atoms with Gasteiger partial charge < -0.3 is 15.6 Å². The minimum Gasteiger partial charge on any atom is -0.328 e. The zero-order valence-electron chi connectivity index (χ0n) is 13.5. The van der Waals surface area contributed by atoms with Gasteiger partial charge >= 0.3 is 0 Å². The predicted octanol–water partition coefficient (Wildman–Crippen LogP) is 2.84. The van der Waals surface area contributed by atoms with E-state index in [-0.39, 0.29) is 30.3 Å². The van der Waals surface area contributed by atoms with Gasteiger partial charge in [-0.2, -0.15) is 0 Å². The van der Waals surface area contributed by atoms with Gasteiger partial charge in [0.15, 0.2) is 5.16 Å². The van der Waals surface area contributed by atoms with Crippen molar-refractivity contribution in [2.75, 3.05) is 5.32 Å². The van der Waals surface area contributed by atoms with Crippen LogP contribution in [-0.2, 0) is 11.8 Å². The largest absolute Gasteiger partial charge is 0.328 e. The standard InChI is InChI=1S/C16H21N5OS.ClH/c1-21-10-18-20-16(21)23-14-7-5-13(6-8-14)19-15(22)11-3-2-4-12(17)9-11;/h5-8,10-12H,2-4,9,17H2,1H3,(H,19,22);1H. The van der Waals surface area contributed by atoms with Crippen molar-refractivity contribution in [1.82, 2.24) is 14.8 Å². The van der Waals surface area contributed by atoms with Crippen LogP contribution >= 0.6 is 24.2 Å². The number of nitrogens with zero attached hydrogens (tertiary/aromatic N) is 3. The smallest absolute Gasteiger partial charge is 0.227 e. The van der Waals surface area contributed by atoms with Crippen LogP contribution in [0, 0.1) is 5.92 Å². The van der Waals surface area contributed by atoms with Crippen LogP contribution in [0.5, 0.6) is 0 Å². The van der Waals surface area contributed by atoms with E-state index in [1.54, 1.807) is 6.33 Å². The van der Waals surface area contributed by atoms with E-state index in [0.717, 1.165) is 41.4 Å². The minimum absolute atomic E-state index is 0. The molecule has 8 heteroatoms. The first-order chi connectivity index (χ1) is 11.1. The number of hydrogen-bond acceptors (Lipinski definition) is 5. The van der Waals surface area contributed by atoms with Gasteiger partial charge in [0.1, 0.15) is 6.33 Å². The number of carbonyl (C=O) groups excluding carboxylic acids is 1. The van der Waals surface area contributed by atoms with Crippen molar-refractivity contribution in [2.24, 2.45) is 18.7 Å². The summed E-state index contributed by atoms with van der Waals surface area (Å²) >= 11 is 1.54. The maximum absolute atomic E-state index is 12.3. The molecule has 0 bridgehead atoms. The van der Waals surface area contributed by atoms with Crippen LogP contribution in [0.3, 0.4) is 0 Å². The number of anilines is 1. The SMILES string of the molecule is Cl.Cn1cnnc1Sc1ccc(NC(=O)C2CCCC(N)C2)cc1. The molecule has 0 spiro atoms. The molecule has 1 aromatic heterocycles. The van der Waals surface area contributed by atoms with Crippen LogP contribution in [0.1, 0.15) is 25.7 Å². The molecule has 1 fully saturated rings. The van der Waals surface area contributed by atoms with Gasteiger partial charge in [-0.15, -0.1) is 22.6 Å². The summed E-state index contributed by atoms with van der Waals surface area (Å²) in [7, 11) is 1.91. The van der Waals surface area contributed by atoms with Crippen LogP contribution in [-0.4, -0.2) is 26.7 Å². The van der Waals surface area contributed by atoms with E-state index in [1.807, 2.05) is 35.9 Å². The lowest BCUT2D eigenvalue weighted by Gasteiger charge is -2.25. The quantitative estimate of drug-likeness (QED) is 0.867. The van der Waals surface area contributed by atoms with Crippen molar-refractivity contribution in [3.8, 4) is 0 Å². The summed E-state index contributed by atoms with van der Waals surface area (Å²) in [5, 5.41) is 11.7. The number of nitrogens with one attached hydrogen (secondary N) is 1. The zero-order chi connectivity index (χ0) is 16.2. The third kappa shape index (κ3) is 4.72. The van der Waals surface area contributed by atoms with Crippen molar-refractivity contribution in [2.45, 2.75) is 41.8 Å². The Labute approximate surface area is 152 Å². The second kappa shape index (κ2) is 8.50. The monoisotopic (exact) mass is 367 g/mol. The van der Waals surface area contributed by atoms with Gasteiger partial charge in [0.05, 0.1) is 0 Å². The Morgan fingerprint density at radius 3 is 2.71 bits per heavy atom. The van der Waals surface area contributed by atoms with Crippen LogP contribution in [0.25, 0.3) is 0 Å². The molecule has 2 atom stereocenters. The van der Waals surface area contributed by atoms with E-state index in [0.29, 0.717) is 0 Å². The third-order valence-corrected chi connectivity index (χ3v) is 5.15. The second-order valence-corrected chi connectivity index (χ2v) is 7.00. The molecule has 1 heterocycles. The fourth-order valence-corrected chi connectivity index (χ4v) is 3.55. The fourth-order valence-electron chi connectivity index (χ4n) is 2.79. The first-order valence-electron chi connectivity index (χ1n) is 7.80. The van der Waals surface area contributed by atoms with Crippen LogP contribution in [0.2, 0.25) is 0 Å². The molecular weight excluding hydrogens is 346 g/mol. The highest BCUT2D eigenvalue weighted by Crippen LogP contribution is 2.27. The summed E-state index contributed by atoms with van der Waals surface area (Å²) in [6, 6.07) is 7.94. The van der Waals surface area contributed by atoms with E-state index in [2.05, 4.69) is 15.5 Å². The molecule has 1 aromatic carbocycles. The molecule has 0 radical (unpaired) electrons. The fraction of sp³-hybridized carbons (Fsp3) is 0.438. The average Bonchev–Trinajstić information content (AvgIpc) is 2.94. The second-order valence-electron chi connectivity index (χ2n) is 5.96. The maximum atomic E-state index is 12.3. The van der Waals surface area contributed by atoms with E-state index < -0.39 is 0 Å². The van der Waals surface area contributed by atoms with Crippen molar-refractivity contribution in [3.63, 3.8) is 0 Å². The van der Waals surface area contributed by atoms with Gasteiger partial charge in [0, 0.05) is 29.6 Å². The number of carbonyl (C=O) groups is 1. The normalized spacial score (nSPS) is 20.2. The molecular formula is C16H22ClN5OS. The molecule has 24 heavy (non-hydrogen) atoms. The summed E-state index contributed by atoms with van der Waals surface area (Å²) < 4.78 is 1.87. The number of aryl methyl sites for hydroxylation is 1. The van der Waals surface area contributed by atoms with E-state index in [9.17, 15) is 4.79 Å². The molecule has 2 aromatic rings. The number of nitrogens with two attached hydrogens (primary N) is 1. The van der Waals surface area contributed by atoms with Gasteiger partial charge in [0.2, 0.25) is 5.91 Å². The van der Waals surface area contributed by atoms with Crippen molar-refractivity contribution < 1.29 is 4.79 Å². The Morgan fingerprint density at radius 1 is 1.33 bits per heavy atom. The Hall–Kier alpha value is -1.57. The lowest BCUT2D eigenvalue weighted by molar-refractivity contribution is -0.120. The van der Waals surface area contributed by atoms with E-state index >= 15 is 0 Å². The topological polar surface area (TPSA) is 85.8 Å². The summed E-state index contributed by atoms with van der Waals surface area (Å²) in [4.78, 5) is 13.4. The van der Waals surface area contributed by atoms with E-state index in [1.165, 1.54) is 11.8 Å². The van der Waals surface area contributed by atoms with Gasteiger partial charge in [0.25, 0.3) is 0 Å². The first kappa shape index (κ1) is 18.8. The number of halogens is 1. The molecule has 6 nitrogen and oxygen atoms in total. The Kier molecular flexibility index (Phi) is 6.65. The van der Waals surface area contributed by atoms with Gasteiger partial charge in [-0.1, -0.05) is 6.42 Å². The number of aromatic nitrogens is 3. The Bertz CT molecular complexity index is 675. The molecule has 1 aliphatic rings. The van der Waals surface area contributed by atoms with Crippen molar-refractivity contribution in [1.29, 1.82) is 0 Å². The molecule has 1 saturated carbocycles. The zero-order valence-corrected chi connectivity index (χ0v) is 15.1.